The van der Waals surface area contributed by atoms with Gasteiger partial charge in [0.2, 0.25) is 0 Å². The van der Waals surface area contributed by atoms with E-state index >= 15 is 0 Å². The molecule has 2 aromatic carbocycles. The van der Waals surface area contributed by atoms with Gasteiger partial charge in [0.1, 0.15) is 0 Å². The summed E-state index contributed by atoms with van der Waals surface area (Å²) in [4.78, 5) is 0. The molecule has 0 bridgehead atoms. The Morgan fingerprint density at radius 2 is 0.800 bits per heavy atom. The van der Waals surface area contributed by atoms with E-state index in [4.69, 9.17) is 0 Å². The standard InChI is InChI=1S/C14H6F10.Ga/c15-11(16,13(19,20)21)9-5-7-3-1-2-4-8(7)6-10(9)12(17,18)14(22,23)24;/h1-6H;. The number of halogens is 10. The van der Waals surface area contributed by atoms with Crippen molar-refractivity contribution < 1.29 is 43.9 Å². The maximum atomic E-state index is 13.5. The first kappa shape index (κ1) is 21.7. The minimum absolute atomic E-state index is 0. The topological polar surface area (TPSA) is 0 Å². The quantitative estimate of drug-likeness (QED) is 0.417. The number of fused-ring (bicyclic) bond motifs is 1. The summed E-state index contributed by atoms with van der Waals surface area (Å²) in [7, 11) is 0. The molecular weight excluding hydrogens is 428 g/mol. The van der Waals surface area contributed by atoms with Crippen LogP contribution in [-0.2, 0) is 11.8 Å². The molecule has 25 heavy (non-hydrogen) atoms. The Hall–Kier alpha value is -1.36. The van der Waals surface area contributed by atoms with Crippen LogP contribution in [0.25, 0.3) is 10.8 Å². The summed E-state index contributed by atoms with van der Waals surface area (Å²) in [5.41, 5.74) is -4.87. The van der Waals surface area contributed by atoms with Crippen molar-refractivity contribution in [2.75, 3.05) is 0 Å². The molecule has 0 aliphatic carbocycles. The first-order chi connectivity index (χ1) is 10.7. The van der Waals surface area contributed by atoms with Gasteiger partial charge in [-0.3, -0.25) is 0 Å². The molecule has 2 rings (SSSR count). The van der Waals surface area contributed by atoms with Crippen molar-refractivity contribution in [2.24, 2.45) is 0 Å². The van der Waals surface area contributed by atoms with Crippen molar-refractivity contribution in [2.45, 2.75) is 24.2 Å². The van der Waals surface area contributed by atoms with Gasteiger partial charge >= 0.3 is 24.2 Å². The Kier molecular flexibility index (Phi) is 5.56. The van der Waals surface area contributed by atoms with Gasteiger partial charge in [0.05, 0.1) is 0 Å². The second-order valence-electron chi connectivity index (χ2n) is 4.89. The van der Waals surface area contributed by atoms with Gasteiger partial charge in [-0.1, -0.05) is 24.3 Å². The minimum Gasteiger partial charge on any atom is -0.191 e. The zero-order valence-electron chi connectivity index (χ0n) is 11.8. The van der Waals surface area contributed by atoms with E-state index in [1.807, 2.05) is 0 Å². The molecule has 0 aromatic heterocycles. The number of hydrogen-bond acceptors (Lipinski definition) is 0. The molecule has 11 heteroatoms. The van der Waals surface area contributed by atoms with E-state index in [2.05, 4.69) is 0 Å². The van der Waals surface area contributed by atoms with Crippen LogP contribution in [0.1, 0.15) is 11.1 Å². The van der Waals surface area contributed by atoms with E-state index in [1.54, 1.807) is 0 Å². The van der Waals surface area contributed by atoms with Gasteiger partial charge in [0, 0.05) is 30.9 Å². The first-order valence-corrected chi connectivity index (χ1v) is 6.12. The molecule has 0 N–H and O–H groups in total. The van der Waals surface area contributed by atoms with Gasteiger partial charge in [0.15, 0.2) is 0 Å². The fourth-order valence-electron chi connectivity index (χ4n) is 2.07. The molecule has 0 amide bonds. The molecule has 0 unspecified atom stereocenters. The Morgan fingerprint density at radius 3 is 1.04 bits per heavy atom. The molecule has 0 nitrogen and oxygen atoms in total. The van der Waals surface area contributed by atoms with E-state index in [0.717, 1.165) is 12.1 Å². The summed E-state index contributed by atoms with van der Waals surface area (Å²) in [5.74, 6) is -11.8. The molecule has 0 fully saturated rings. The fraction of sp³-hybridized carbons (Fsp3) is 0.286. The van der Waals surface area contributed by atoms with Crippen molar-refractivity contribution in [1.82, 2.24) is 0 Å². The summed E-state index contributed by atoms with van der Waals surface area (Å²) < 4.78 is 129. The van der Waals surface area contributed by atoms with Gasteiger partial charge in [0.25, 0.3) is 0 Å². The predicted molar refractivity (Wildman–Crippen MR) is 69.6 cm³/mol. The van der Waals surface area contributed by atoms with E-state index < -0.39 is 35.3 Å². The normalized spacial score (nSPS) is 13.7. The van der Waals surface area contributed by atoms with E-state index in [-0.39, 0.29) is 42.7 Å². The second-order valence-corrected chi connectivity index (χ2v) is 4.89. The maximum absolute atomic E-state index is 13.5. The number of alkyl halides is 10. The molecule has 0 aliphatic rings. The zero-order chi connectivity index (χ0) is 18.6. The largest absolute Gasteiger partial charge is 0.458 e. The van der Waals surface area contributed by atoms with Crippen LogP contribution in [0.2, 0.25) is 0 Å². The van der Waals surface area contributed by atoms with Crippen LogP contribution >= 0.6 is 0 Å². The van der Waals surface area contributed by atoms with Gasteiger partial charge in [-0.25, -0.2) is 0 Å². The summed E-state index contributed by atoms with van der Waals surface area (Å²) >= 11 is 0. The predicted octanol–water partition coefficient (Wildman–Crippen LogP) is 5.77. The number of rotatable bonds is 2. The molecule has 135 valence electrons. The second kappa shape index (κ2) is 6.42. The van der Waals surface area contributed by atoms with Crippen LogP contribution in [0.5, 0.6) is 0 Å². The molecule has 3 radical (unpaired) electrons. The van der Waals surface area contributed by atoms with Crippen LogP contribution in [0.4, 0.5) is 43.9 Å². The van der Waals surface area contributed by atoms with Gasteiger partial charge in [-0.05, 0) is 22.9 Å². The monoisotopic (exact) mass is 433 g/mol. The Labute approximate surface area is 146 Å². The third-order valence-electron chi connectivity index (χ3n) is 3.27. The zero-order valence-corrected chi connectivity index (χ0v) is 14.2. The van der Waals surface area contributed by atoms with Crippen LogP contribution in [0.15, 0.2) is 36.4 Å². The summed E-state index contributed by atoms with van der Waals surface area (Å²) in [6.07, 6.45) is -12.7. The van der Waals surface area contributed by atoms with Crippen LogP contribution in [-0.4, -0.2) is 32.1 Å². The smallest absolute Gasteiger partial charge is 0.191 e. The van der Waals surface area contributed by atoms with Crippen LogP contribution in [0, 0.1) is 0 Å². The molecule has 0 spiro atoms. The van der Waals surface area contributed by atoms with Crippen molar-refractivity contribution >= 4 is 30.6 Å². The Morgan fingerprint density at radius 1 is 0.520 bits per heavy atom. The van der Waals surface area contributed by atoms with E-state index in [9.17, 15) is 43.9 Å². The maximum Gasteiger partial charge on any atom is 0.458 e. The third kappa shape index (κ3) is 3.62. The summed E-state index contributed by atoms with van der Waals surface area (Å²) in [5, 5.41) is -0.670. The van der Waals surface area contributed by atoms with Crippen LogP contribution in [0.3, 0.4) is 0 Å². The summed E-state index contributed by atoms with van der Waals surface area (Å²) in [6.45, 7) is 0. The van der Waals surface area contributed by atoms with Gasteiger partial charge in [-0.2, -0.15) is 43.9 Å². The van der Waals surface area contributed by atoms with Crippen LogP contribution < -0.4 is 0 Å². The van der Waals surface area contributed by atoms with Crippen molar-refractivity contribution in [3.8, 4) is 0 Å². The van der Waals surface area contributed by atoms with Gasteiger partial charge in [-0.15, -0.1) is 0 Å². The molecule has 0 aliphatic heterocycles. The molecular formula is C14H6F10Ga. The third-order valence-corrected chi connectivity index (χ3v) is 3.27. The van der Waals surface area contributed by atoms with Crippen molar-refractivity contribution in [3.05, 3.63) is 47.5 Å². The molecule has 0 saturated carbocycles. The van der Waals surface area contributed by atoms with Gasteiger partial charge < -0.3 is 0 Å². The minimum atomic E-state index is -6.34. The molecule has 0 saturated heterocycles. The number of hydrogen-bond donors (Lipinski definition) is 0. The SMILES string of the molecule is FC(F)(F)C(F)(F)c1cc2ccccc2cc1C(F)(F)C(F)(F)F.[Ga]. The van der Waals surface area contributed by atoms with Crippen molar-refractivity contribution in [1.29, 1.82) is 0 Å². The number of benzene rings is 2. The summed E-state index contributed by atoms with van der Waals surface area (Å²) in [6, 6.07) is 4.44. The molecule has 0 atom stereocenters. The Bertz CT molecular complexity index is 696. The first-order valence-electron chi connectivity index (χ1n) is 6.12. The fourth-order valence-corrected chi connectivity index (χ4v) is 2.07. The average Bonchev–Trinajstić information content (AvgIpc) is 2.43. The van der Waals surface area contributed by atoms with E-state index in [0.29, 0.717) is 0 Å². The van der Waals surface area contributed by atoms with Crippen molar-refractivity contribution in [3.63, 3.8) is 0 Å². The molecule has 2 aromatic rings. The Balaban J connectivity index is 0.00000312. The average molecular weight is 434 g/mol. The molecule has 0 heterocycles. The van der Waals surface area contributed by atoms with E-state index in [1.165, 1.54) is 12.1 Å².